The van der Waals surface area contributed by atoms with Gasteiger partial charge in [-0.2, -0.15) is 5.26 Å². The summed E-state index contributed by atoms with van der Waals surface area (Å²) in [6.07, 6.45) is 2.25. The van der Waals surface area contributed by atoms with E-state index in [9.17, 15) is 9.59 Å². The molecule has 0 radical (unpaired) electrons. The summed E-state index contributed by atoms with van der Waals surface area (Å²) in [6, 6.07) is 2.02. The minimum Gasteiger partial charge on any atom is -0.481 e. The lowest BCUT2D eigenvalue weighted by atomic mass is 9.94. The zero-order valence-corrected chi connectivity index (χ0v) is 11.3. The average Bonchev–Trinajstić information content (AvgIpc) is 2.37. The SMILES string of the molecule is CN(CCC#N)C(=O)CN1CCC(CC(=O)O)CC1. The van der Waals surface area contributed by atoms with E-state index in [0.717, 1.165) is 25.9 Å². The van der Waals surface area contributed by atoms with Crippen molar-refractivity contribution >= 4 is 11.9 Å². The third-order valence-electron chi connectivity index (χ3n) is 3.51. The lowest BCUT2D eigenvalue weighted by molar-refractivity contribution is -0.139. The lowest BCUT2D eigenvalue weighted by Gasteiger charge is -2.31. The highest BCUT2D eigenvalue weighted by molar-refractivity contribution is 5.78. The normalized spacial score (nSPS) is 16.8. The highest BCUT2D eigenvalue weighted by Crippen LogP contribution is 2.20. The number of aliphatic carboxylic acids is 1. The Hall–Kier alpha value is -1.61. The summed E-state index contributed by atoms with van der Waals surface area (Å²) in [5, 5.41) is 17.2. The second kappa shape index (κ2) is 7.74. The Morgan fingerprint density at radius 2 is 2.05 bits per heavy atom. The maximum atomic E-state index is 11.9. The molecule has 19 heavy (non-hydrogen) atoms. The van der Waals surface area contributed by atoms with Crippen molar-refractivity contribution in [1.82, 2.24) is 9.80 Å². The predicted octanol–water partition coefficient (Wildman–Crippen LogP) is 0.545. The zero-order valence-electron chi connectivity index (χ0n) is 11.3. The molecule has 0 aromatic heterocycles. The molecule has 0 aliphatic carbocycles. The number of likely N-dealkylation sites (tertiary alicyclic amines) is 1. The summed E-state index contributed by atoms with van der Waals surface area (Å²) >= 11 is 0. The first kappa shape index (κ1) is 15.4. The van der Waals surface area contributed by atoms with Crippen molar-refractivity contribution in [3.63, 3.8) is 0 Å². The number of carboxylic acids is 1. The third kappa shape index (κ3) is 5.71. The van der Waals surface area contributed by atoms with E-state index in [4.69, 9.17) is 10.4 Å². The second-order valence-corrected chi connectivity index (χ2v) is 5.04. The van der Waals surface area contributed by atoms with Crippen LogP contribution < -0.4 is 0 Å². The van der Waals surface area contributed by atoms with Crippen molar-refractivity contribution in [2.75, 3.05) is 33.2 Å². The molecule has 106 valence electrons. The fourth-order valence-electron chi connectivity index (χ4n) is 2.25. The fourth-order valence-corrected chi connectivity index (χ4v) is 2.25. The van der Waals surface area contributed by atoms with Crippen molar-refractivity contribution in [3.05, 3.63) is 0 Å². The average molecular weight is 267 g/mol. The van der Waals surface area contributed by atoms with Crippen LogP contribution in [0.5, 0.6) is 0 Å². The molecule has 0 bridgehead atoms. The molecule has 0 atom stereocenters. The summed E-state index contributed by atoms with van der Waals surface area (Å²) in [6.45, 7) is 2.37. The van der Waals surface area contributed by atoms with E-state index in [1.807, 2.05) is 6.07 Å². The highest BCUT2D eigenvalue weighted by Gasteiger charge is 2.23. The number of likely N-dealkylation sites (N-methyl/N-ethyl adjacent to an activating group) is 1. The van der Waals surface area contributed by atoms with E-state index in [0.29, 0.717) is 19.5 Å². The van der Waals surface area contributed by atoms with Crippen LogP contribution in [-0.4, -0.2) is 60.0 Å². The fraction of sp³-hybridized carbons (Fsp3) is 0.769. The minimum atomic E-state index is -0.745. The third-order valence-corrected chi connectivity index (χ3v) is 3.51. The van der Waals surface area contributed by atoms with Crippen molar-refractivity contribution in [2.24, 2.45) is 5.92 Å². The first-order chi connectivity index (χ1) is 9.02. The summed E-state index contributed by atoms with van der Waals surface area (Å²) in [7, 11) is 1.71. The van der Waals surface area contributed by atoms with Crippen LogP contribution in [0.25, 0.3) is 0 Å². The van der Waals surface area contributed by atoms with Crippen LogP contribution in [0.4, 0.5) is 0 Å². The van der Waals surface area contributed by atoms with Crippen LogP contribution in [0, 0.1) is 17.2 Å². The molecule has 1 N–H and O–H groups in total. The first-order valence-corrected chi connectivity index (χ1v) is 6.58. The van der Waals surface area contributed by atoms with E-state index < -0.39 is 5.97 Å². The monoisotopic (exact) mass is 267 g/mol. The van der Waals surface area contributed by atoms with Gasteiger partial charge in [0.05, 0.1) is 19.0 Å². The van der Waals surface area contributed by atoms with E-state index in [1.54, 1.807) is 11.9 Å². The molecule has 0 saturated carbocycles. The molecule has 1 heterocycles. The zero-order chi connectivity index (χ0) is 14.3. The molecule has 1 rings (SSSR count). The number of nitrogens with zero attached hydrogens (tertiary/aromatic N) is 3. The number of carbonyl (C=O) groups is 2. The molecule has 1 amide bonds. The largest absolute Gasteiger partial charge is 0.481 e. The highest BCUT2D eigenvalue weighted by atomic mass is 16.4. The summed E-state index contributed by atoms with van der Waals surface area (Å²) in [5.74, 6) is -0.488. The molecular weight excluding hydrogens is 246 g/mol. The van der Waals surface area contributed by atoms with Gasteiger partial charge in [-0.05, 0) is 31.8 Å². The van der Waals surface area contributed by atoms with Crippen LogP contribution in [0.15, 0.2) is 0 Å². The van der Waals surface area contributed by atoms with Gasteiger partial charge in [-0.15, -0.1) is 0 Å². The van der Waals surface area contributed by atoms with Gasteiger partial charge in [0.15, 0.2) is 0 Å². The lowest BCUT2D eigenvalue weighted by Crippen LogP contribution is -2.42. The quantitative estimate of drug-likeness (QED) is 0.759. The Morgan fingerprint density at radius 1 is 1.42 bits per heavy atom. The van der Waals surface area contributed by atoms with Gasteiger partial charge >= 0.3 is 5.97 Å². The number of nitriles is 1. The molecular formula is C13H21N3O3. The van der Waals surface area contributed by atoms with Gasteiger partial charge < -0.3 is 10.0 Å². The van der Waals surface area contributed by atoms with E-state index in [-0.39, 0.29) is 18.2 Å². The molecule has 1 fully saturated rings. The molecule has 1 aliphatic rings. The Morgan fingerprint density at radius 3 is 2.58 bits per heavy atom. The number of rotatable bonds is 6. The van der Waals surface area contributed by atoms with E-state index in [1.165, 1.54) is 0 Å². The number of hydrogen-bond acceptors (Lipinski definition) is 4. The van der Waals surface area contributed by atoms with Gasteiger partial charge in [0.2, 0.25) is 5.91 Å². The van der Waals surface area contributed by atoms with E-state index >= 15 is 0 Å². The minimum absolute atomic E-state index is 0.0203. The van der Waals surface area contributed by atoms with Gasteiger partial charge in [-0.3, -0.25) is 14.5 Å². The Balaban J connectivity index is 2.27. The van der Waals surface area contributed by atoms with Gasteiger partial charge in [-0.25, -0.2) is 0 Å². The molecule has 0 aromatic carbocycles. The van der Waals surface area contributed by atoms with Gasteiger partial charge in [0, 0.05) is 20.0 Å². The molecule has 1 aliphatic heterocycles. The molecule has 1 saturated heterocycles. The smallest absolute Gasteiger partial charge is 0.303 e. The van der Waals surface area contributed by atoms with Crippen molar-refractivity contribution in [1.29, 1.82) is 5.26 Å². The molecule has 6 nitrogen and oxygen atoms in total. The van der Waals surface area contributed by atoms with Crippen LogP contribution in [0.2, 0.25) is 0 Å². The van der Waals surface area contributed by atoms with Gasteiger partial charge in [0.1, 0.15) is 0 Å². The van der Waals surface area contributed by atoms with Crippen LogP contribution in [0.1, 0.15) is 25.7 Å². The number of piperidine rings is 1. The van der Waals surface area contributed by atoms with Gasteiger partial charge in [0.25, 0.3) is 0 Å². The molecule has 0 unspecified atom stereocenters. The second-order valence-electron chi connectivity index (χ2n) is 5.04. The van der Waals surface area contributed by atoms with Crippen LogP contribution in [-0.2, 0) is 9.59 Å². The Labute approximate surface area is 113 Å². The van der Waals surface area contributed by atoms with Crippen LogP contribution in [0.3, 0.4) is 0 Å². The van der Waals surface area contributed by atoms with Gasteiger partial charge in [-0.1, -0.05) is 0 Å². The van der Waals surface area contributed by atoms with Crippen molar-refractivity contribution in [3.8, 4) is 6.07 Å². The first-order valence-electron chi connectivity index (χ1n) is 6.58. The number of amides is 1. The molecule has 0 spiro atoms. The Bertz CT molecular complexity index is 357. The Kier molecular flexibility index (Phi) is 6.30. The van der Waals surface area contributed by atoms with E-state index in [2.05, 4.69) is 4.90 Å². The number of carboxylic acid groups (broad SMARTS) is 1. The summed E-state index contributed by atoms with van der Waals surface area (Å²) in [5.41, 5.74) is 0. The summed E-state index contributed by atoms with van der Waals surface area (Å²) in [4.78, 5) is 26.1. The number of hydrogen-bond donors (Lipinski definition) is 1. The maximum absolute atomic E-state index is 11.9. The predicted molar refractivity (Wildman–Crippen MR) is 69.3 cm³/mol. The maximum Gasteiger partial charge on any atom is 0.303 e. The van der Waals surface area contributed by atoms with Crippen molar-refractivity contribution < 1.29 is 14.7 Å². The van der Waals surface area contributed by atoms with Crippen LogP contribution >= 0.6 is 0 Å². The molecule has 0 aromatic rings. The topological polar surface area (TPSA) is 84.6 Å². The standard InChI is InChI=1S/C13H21N3O3/c1-15(6-2-5-14)12(17)10-16-7-3-11(4-8-16)9-13(18)19/h11H,2-4,6-10H2,1H3,(H,18,19). The summed E-state index contributed by atoms with van der Waals surface area (Å²) < 4.78 is 0. The molecule has 6 heteroatoms. The van der Waals surface area contributed by atoms with Crippen molar-refractivity contribution in [2.45, 2.75) is 25.7 Å². The number of carbonyl (C=O) groups excluding carboxylic acids is 1.